The second kappa shape index (κ2) is 14.4. The largest absolute Gasteiger partial charge is 0.384 e. The molecule has 1 saturated carbocycles. The molecule has 0 aromatic carbocycles. The number of carbonyl (C=O) groups excluding carboxylic acids is 5. The van der Waals surface area contributed by atoms with Gasteiger partial charge in [0.05, 0.1) is 17.9 Å². The van der Waals surface area contributed by atoms with Crippen LogP contribution in [0.2, 0.25) is 0 Å². The van der Waals surface area contributed by atoms with Crippen LogP contribution in [0.5, 0.6) is 0 Å². The number of nitrogens with one attached hydrogen (secondary N) is 1. The molecule has 4 N–H and O–H groups in total. The third-order valence-corrected chi connectivity index (χ3v) is 10.4. The Bertz CT molecular complexity index is 1530. The standard InChI is InChI=1S/C32H42N8O6S/c1-31(2,46)25-18-35-38-40(25)22-17-24(29(44)37-32(26(41)27(33)42)10-14-47-15-11-32)39(19-22)30(45)23(16-20-6-4-3-5-7-20)36-28(43)21-8-12-34-13-9-21/h8-9,12-13,18,20,22,24,46H,3-7,10-11,14-17,19H2,1-2H3,(H2,33,42)(H,37,44)/t22-,24-/m0/s1. The minimum Gasteiger partial charge on any atom is -0.384 e. The van der Waals surface area contributed by atoms with E-state index in [1.165, 1.54) is 40.3 Å². The lowest BCUT2D eigenvalue weighted by Crippen LogP contribution is -2.63. The monoisotopic (exact) mass is 666 g/mol. The lowest BCUT2D eigenvalue weighted by Gasteiger charge is -2.37. The van der Waals surface area contributed by atoms with Crippen molar-refractivity contribution in [2.24, 2.45) is 16.6 Å². The third-order valence-electron chi connectivity index (χ3n) is 9.37. The molecule has 0 unspecified atom stereocenters. The van der Waals surface area contributed by atoms with Crippen molar-refractivity contribution in [2.45, 2.75) is 94.9 Å². The summed E-state index contributed by atoms with van der Waals surface area (Å²) in [4.78, 5) is 76.8. The maximum atomic E-state index is 14.5. The highest BCUT2D eigenvalue weighted by Crippen LogP contribution is 2.34. The van der Waals surface area contributed by atoms with Gasteiger partial charge >= 0.3 is 0 Å². The van der Waals surface area contributed by atoms with Gasteiger partial charge in [0, 0.05) is 30.9 Å². The van der Waals surface area contributed by atoms with E-state index in [2.05, 4.69) is 25.6 Å². The number of Topliss-reactive ketones (excluding diaryl/α,β-unsaturated/α-hetero) is 1. The van der Waals surface area contributed by atoms with Crippen molar-refractivity contribution in [1.29, 1.82) is 0 Å². The van der Waals surface area contributed by atoms with Crippen molar-refractivity contribution in [2.75, 3.05) is 18.1 Å². The summed E-state index contributed by atoms with van der Waals surface area (Å²) in [7, 11) is 0. The molecule has 5 rings (SSSR count). The first kappa shape index (κ1) is 34.4. The summed E-state index contributed by atoms with van der Waals surface area (Å²) < 4.78 is 1.51. The van der Waals surface area contributed by atoms with E-state index in [0.717, 1.165) is 32.1 Å². The minimum atomic E-state index is -1.48. The minimum absolute atomic E-state index is 0.00309. The third kappa shape index (κ3) is 7.78. The Hall–Kier alpha value is -3.98. The molecule has 2 aromatic rings. The number of carbonyl (C=O) groups is 5. The SMILES string of the molecule is CC(C)(O)c1cnnn1[C@H]1C[C@@H](C(=O)NC2(C(=O)C(N)=O)CCSCC2)N(C(=O)C(CC2CCCCC2)=NC(=O)c2ccncc2)C1. The topological polar surface area (TPSA) is 203 Å². The van der Waals surface area contributed by atoms with Crippen LogP contribution in [0, 0.1) is 5.92 Å². The summed E-state index contributed by atoms with van der Waals surface area (Å²) >= 11 is 1.60. The lowest BCUT2D eigenvalue weighted by molar-refractivity contribution is -0.143. The number of aliphatic imine (C=N–C) groups is 1. The molecule has 3 aliphatic rings. The molecule has 2 atom stereocenters. The van der Waals surface area contributed by atoms with E-state index in [4.69, 9.17) is 5.73 Å². The molecule has 0 spiro atoms. The maximum Gasteiger partial charge on any atom is 0.287 e. The van der Waals surface area contributed by atoms with E-state index < -0.39 is 52.6 Å². The molecule has 2 aromatic heterocycles. The number of nitrogens with two attached hydrogens (primary N) is 1. The fourth-order valence-corrected chi connectivity index (χ4v) is 7.98. The molecule has 1 aliphatic carbocycles. The number of rotatable bonds is 10. The number of aromatic nitrogens is 4. The number of ketones is 1. The van der Waals surface area contributed by atoms with Crippen LogP contribution in [0.3, 0.4) is 0 Å². The smallest absolute Gasteiger partial charge is 0.287 e. The Morgan fingerprint density at radius 2 is 1.79 bits per heavy atom. The Morgan fingerprint density at radius 3 is 2.43 bits per heavy atom. The number of amides is 4. The van der Waals surface area contributed by atoms with Crippen LogP contribution < -0.4 is 11.1 Å². The molecule has 47 heavy (non-hydrogen) atoms. The molecule has 0 bridgehead atoms. The van der Waals surface area contributed by atoms with Gasteiger partial charge < -0.3 is 21.1 Å². The van der Waals surface area contributed by atoms with Crippen molar-refractivity contribution in [3.8, 4) is 0 Å². The van der Waals surface area contributed by atoms with Crippen molar-refractivity contribution in [1.82, 2.24) is 30.2 Å². The fourth-order valence-electron chi connectivity index (χ4n) is 6.79. The Kier molecular flexibility index (Phi) is 10.5. The molecular weight excluding hydrogens is 624 g/mol. The Balaban J connectivity index is 1.51. The number of pyridine rings is 1. The van der Waals surface area contributed by atoms with Gasteiger partial charge in [0.15, 0.2) is 0 Å². The van der Waals surface area contributed by atoms with E-state index in [1.807, 2.05) is 0 Å². The van der Waals surface area contributed by atoms with Gasteiger partial charge in [-0.15, -0.1) is 5.10 Å². The molecule has 2 saturated heterocycles. The van der Waals surface area contributed by atoms with Gasteiger partial charge in [-0.25, -0.2) is 9.67 Å². The van der Waals surface area contributed by atoms with Crippen LogP contribution >= 0.6 is 11.8 Å². The van der Waals surface area contributed by atoms with E-state index in [9.17, 15) is 29.1 Å². The van der Waals surface area contributed by atoms with Crippen molar-refractivity contribution >= 4 is 46.9 Å². The normalized spacial score (nSPS) is 22.1. The molecule has 0 radical (unpaired) electrons. The Labute approximate surface area is 277 Å². The molecule has 4 heterocycles. The van der Waals surface area contributed by atoms with E-state index >= 15 is 0 Å². The second-order valence-corrected chi connectivity index (χ2v) is 14.4. The van der Waals surface area contributed by atoms with Crippen molar-refractivity contribution in [3.63, 3.8) is 0 Å². The molecule has 4 amide bonds. The van der Waals surface area contributed by atoms with E-state index in [1.54, 1.807) is 25.6 Å². The van der Waals surface area contributed by atoms with Gasteiger partial charge in [-0.2, -0.15) is 11.8 Å². The van der Waals surface area contributed by atoms with E-state index in [-0.39, 0.29) is 49.4 Å². The molecule has 15 heteroatoms. The zero-order valence-corrected chi connectivity index (χ0v) is 27.6. The molecule has 14 nitrogen and oxygen atoms in total. The zero-order chi connectivity index (χ0) is 33.8. The highest BCUT2D eigenvalue weighted by Gasteiger charge is 2.49. The van der Waals surface area contributed by atoms with Crippen molar-refractivity contribution in [3.05, 3.63) is 42.0 Å². The number of likely N-dealkylation sites (tertiary alicyclic amines) is 1. The summed E-state index contributed by atoms with van der Waals surface area (Å²) in [6.45, 7) is 3.18. The predicted molar refractivity (Wildman–Crippen MR) is 173 cm³/mol. The van der Waals surface area contributed by atoms with Crippen LogP contribution in [0.4, 0.5) is 0 Å². The number of hydrogen-bond donors (Lipinski definition) is 3. The van der Waals surface area contributed by atoms with Crippen molar-refractivity contribution < 1.29 is 29.1 Å². The van der Waals surface area contributed by atoms with Gasteiger partial charge in [0.2, 0.25) is 11.7 Å². The summed E-state index contributed by atoms with van der Waals surface area (Å²) in [5.41, 5.74) is 3.34. The summed E-state index contributed by atoms with van der Waals surface area (Å²) in [6.07, 6.45) is 10.1. The molecular formula is C32H42N8O6S. The molecule has 2 aliphatic heterocycles. The van der Waals surface area contributed by atoms with E-state index in [0.29, 0.717) is 17.2 Å². The maximum absolute atomic E-state index is 14.5. The van der Waals surface area contributed by atoms with Crippen LogP contribution in [-0.2, 0) is 24.8 Å². The average molecular weight is 667 g/mol. The number of hydrogen-bond acceptors (Lipinski definition) is 10. The number of thioether (sulfide) groups is 1. The highest BCUT2D eigenvalue weighted by molar-refractivity contribution is 7.99. The van der Waals surface area contributed by atoms with Crippen LogP contribution in [0.15, 0.2) is 35.7 Å². The zero-order valence-electron chi connectivity index (χ0n) is 26.8. The molecule has 3 fully saturated rings. The first-order chi connectivity index (χ1) is 22.4. The van der Waals surface area contributed by atoms with Crippen LogP contribution in [0.25, 0.3) is 0 Å². The summed E-state index contributed by atoms with van der Waals surface area (Å²) in [5, 5.41) is 21.8. The predicted octanol–water partition coefficient (Wildman–Crippen LogP) is 1.73. The number of nitrogens with zero attached hydrogens (tertiary/aromatic N) is 6. The van der Waals surface area contributed by atoms with Gasteiger partial charge in [0.1, 0.15) is 22.9 Å². The fraction of sp³-hybridized carbons (Fsp3) is 0.594. The second-order valence-electron chi connectivity index (χ2n) is 13.2. The number of aliphatic hydroxyl groups is 1. The number of primary amides is 1. The summed E-state index contributed by atoms with van der Waals surface area (Å²) in [5.74, 6) is -2.56. The average Bonchev–Trinajstić information content (AvgIpc) is 3.73. The van der Waals surface area contributed by atoms with Gasteiger partial charge in [0.25, 0.3) is 17.7 Å². The Morgan fingerprint density at radius 1 is 1.11 bits per heavy atom. The van der Waals surface area contributed by atoms with Crippen LogP contribution in [-0.4, -0.2) is 94.7 Å². The quantitative estimate of drug-likeness (QED) is 0.248. The van der Waals surface area contributed by atoms with Gasteiger partial charge in [-0.05, 0) is 62.7 Å². The summed E-state index contributed by atoms with van der Waals surface area (Å²) in [6, 6.07) is 1.37. The van der Waals surface area contributed by atoms with Gasteiger partial charge in [-0.3, -0.25) is 29.0 Å². The lowest BCUT2D eigenvalue weighted by atomic mass is 9.85. The van der Waals surface area contributed by atoms with Gasteiger partial charge in [-0.1, -0.05) is 37.3 Å². The molecule has 252 valence electrons. The first-order valence-electron chi connectivity index (χ1n) is 16.1. The highest BCUT2D eigenvalue weighted by atomic mass is 32.2. The first-order valence-corrected chi connectivity index (χ1v) is 17.2. The van der Waals surface area contributed by atoms with Crippen LogP contribution in [0.1, 0.15) is 93.7 Å².